The fourth-order valence-corrected chi connectivity index (χ4v) is 0.562. The minimum absolute atomic E-state index is 0. The van der Waals surface area contributed by atoms with Crippen molar-refractivity contribution in [3.63, 3.8) is 0 Å². The summed E-state index contributed by atoms with van der Waals surface area (Å²) in [6.07, 6.45) is 0. The number of thiocarbonyl (C=S) groups is 1. The van der Waals surface area contributed by atoms with Crippen LogP contribution in [0.1, 0.15) is 0 Å². The van der Waals surface area contributed by atoms with Gasteiger partial charge in [0, 0.05) is 0 Å². The SMILES string of the molecule is Br.O=C1CNC(=S)N1. The Hall–Kier alpha value is -0.160. The molecule has 3 nitrogen and oxygen atoms in total. The minimum atomic E-state index is -0.0509. The van der Waals surface area contributed by atoms with E-state index in [1.165, 1.54) is 0 Å². The standard InChI is InChI=1S/C3H4N2OS.BrH/c6-2-1-4-3(7)5-2;/h1H2,(H2,4,5,6,7);1H. The summed E-state index contributed by atoms with van der Waals surface area (Å²) in [5, 5.41) is 5.47. The molecule has 1 fully saturated rings. The second-order valence-corrected chi connectivity index (χ2v) is 1.64. The zero-order valence-corrected chi connectivity index (χ0v) is 6.46. The van der Waals surface area contributed by atoms with Crippen LogP contribution in [-0.4, -0.2) is 17.6 Å². The molecule has 0 aromatic heterocycles. The molecule has 1 aliphatic heterocycles. The van der Waals surface area contributed by atoms with Crippen molar-refractivity contribution >= 4 is 40.2 Å². The topological polar surface area (TPSA) is 41.1 Å². The molecule has 0 aromatic rings. The largest absolute Gasteiger partial charge is 0.353 e. The van der Waals surface area contributed by atoms with E-state index in [-0.39, 0.29) is 22.9 Å². The molecular formula is C3H5BrN2OS. The molecule has 1 heterocycles. The molecule has 0 aliphatic carbocycles. The van der Waals surface area contributed by atoms with Gasteiger partial charge in [-0.15, -0.1) is 17.0 Å². The monoisotopic (exact) mass is 196 g/mol. The van der Waals surface area contributed by atoms with Crippen LogP contribution >= 0.6 is 29.2 Å². The number of halogens is 1. The number of hydrogen-bond acceptors (Lipinski definition) is 2. The van der Waals surface area contributed by atoms with Crippen LogP contribution in [0.2, 0.25) is 0 Å². The van der Waals surface area contributed by atoms with Gasteiger partial charge in [0.25, 0.3) is 0 Å². The molecule has 5 heteroatoms. The lowest BCUT2D eigenvalue weighted by molar-refractivity contribution is -0.117. The van der Waals surface area contributed by atoms with Crippen LogP contribution in [0.15, 0.2) is 0 Å². The summed E-state index contributed by atoms with van der Waals surface area (Å²) in [6.45, 7) is 0.332. The maximum atomic E-state index is 10.2. The summed E-state index contributed by atoms with van der Waals surface area (Å²) in [7, 11) is 0. The molecule has 1 aliphatic rings. The Morgan fingerprint density at radius 1 is 1.62 bits per heavy atom. The van der Waals surface area contributed by atoms with Gasteiger partial charge in [-0.2, -0.15) is 0 Å². The first-order valence-corrected chi connectivity index (χ1v) is 2.27. The second-order valence-electron chi connectivity index (χ2n) is 1.23. The Morgan fingerprint density at radius 3 is 2.38 bits per heavy atom. The average molecular weight is 197 g/mol. The molecule has 1 rings (SSSR count). The smallest absolute Gasteiger partial charge is 0.245 e. The van der Waals surface area contributed by atoms with Gasteiger partial charge in [-0.3, -0.25) is 4.79 Å². The molecule has 46 valence electrons. The number of carbonyl (C=O) groups excluding carboxylic acids is 1. The van der Waals surface area contributed by atoms with Crippen LogP contribution in [0.4, 0.5) is 0 Å². The van der Waals surface area contributed by atoms with E-state index in [4.69, 9.17) is 0 Å². The fraction of sp³-hybridized carbons (Fsp3) is 0.333. The molecule has 0 radical (unpaired) electrons. The lowest BCUT2D eigenvalue weighted by atomic mass is 10.7. The Bertz CT molecular complexity index is 112. The predicted molar refractivity (Wildman–Crippen MR) is 39.1 cm³/mol. The third kappa shape index (κ3) is 1.75. The highest BCUT2D eigenvalue weighted by Crippen LogP contribution is 1.75. The van der Waals surface area contributed by atoms with E-state index in [0.29, 0.717) is 11.7 Å². The summed E-state index contributed by atoms with van der Waals surface area (Å²) in [5.41, 5.74) is 0. The van der Waals surface area contributed by atoms with Crippen molar-refractivity contribution in [3.8, 4) is 0 Å². The normalized spacial score (nSPS) is 16.5. The van der Waals surface area contributed by atoms with Gasteiger partial charge in [0.05, 0.1) is 6.54 Å². The average Bonchev–Trinajstić information content (AvgIpc) is 1.87. The first kappa shape index (κ1) is 7.84. The summed E-state index contributed by atoms with van der Waals surface area (Å²) >= 11 is 4.55. The van der Waals surface area contributed by atoms with Gasteiger partial charge in [0.15, 0.2) is 5.11 Å². The molecular weight excluding hydrogens is 192 g/mol. The number of carbonyl (C=O) groups is 1. The van der Waals surface area contributed by atoms with E-state index < -0.39 is 0 Å². The van der Waals surface area contributed by atoms with Crippen molar-refractivity contribution in [1.82, 2.24) is 10.6 Å². The predicted octanol–water partition coefficient (Wildman–Crippen LogP) is -0.431. The number of nitrogens with one attached hydrogen (secondary N) is 2. The number of hydrogen-bond donors (Lipinski definition) is 2. The Kier molecular flexibility index (Phi) is 2.93. The molecule has 0 unspecified atom stereocenters. The Morgan fingerprint density at radius 2 is 2.25 bits per heavy atom. The summed E-state index contributed by atoms with van der Waals surface area (Å²) in [4.78, 5) is 10.2. The van der Waals surface area contributed by atoms with E-state index >= 15 is 0 Å². The molecule has 0 saturated carbocycles. The van der Waals surface area contributed by atoms with Crippen LogP contribution in [0.25, 0.3) is 0 Å². The van der Waals surface area contributed by atoms with Gasteiger partial charge in [0.1, 0.15) is 0 Å². The highest BCUT2D eigenvalue weighted by atomic mass is 79.9. The minimum Gasteiger partial charge on any atom is -0.353 e. The summed E-state index contributed by atoms with van der Waals surface area (Å²) in [5.74, 6) is -0.0509. The van der Waals surface area contributed by atoms with Gasteiger partial charge in [-0.05, 0) is 12.2 Å². The van der Waals surface area contributed by atoms with Crippen molar-refractivity contribution in [1.29, 1.82) is 0 Å². The van der Waals surface area contributed by atoms with Gasteiger partial charge < -0.3 is 10.6 Å². The maximum Gasteiger partial charge on any atom is 0.245 e. The number of amides is 1. The second kappa shape index (κ2) is 2.99. The lowest BCUT2D eigenvalue weighted by Crippen LogP contribution is -2.21. The third-order valence-corrected chi connectivity index (χ3v) is 0.909. The first-order valence-electron chi connectivity index (χ1n) is 1.87. The maximum absolute atomic E-state index is 10.2. The molecule has 0 atom stereocenters. The van der Waals surface area contributed by atoms with Crippen molar-refractivity contribution in [2.45, 2.75) is 0 Å². The van der Waals surface area contributed by atoms with Crippen molar-refractivity contribution in [2.24, 2.45) is 0 Å². The van der Waals surface area contributed by atoms with Crippen LogP contribution in [0, 0.1) is 0 Å². The molecule has 1 saturated heterocycles. The highest BCUT2D eigenvalue weighted by molar-refractivity contribution is 8.93. The Balaban J connectivity index is 0.000000490. The summed E-state index contributed by atoms with van der Waals surface area (Å²) in [6, 6.07) is 0. The van der Waals surface area contributed by atoms with Crippen LogP contribution < -0.4 is 10.6 Å². The number of rotatable bonds is 0. The van der Waals surface area contributed by atoms with Crippen molar-refractivity contribution in [2.75, 3.05) is 6.54 Å². The van der Waals surface area contributed by atoms with E-state index in [0.717, 1.165) is 0 Å². The van der Waals surface area contributed by atoms with Gasteiger partial charge >= 0.3 is 0 Å². The van der Waals surface area contributed by atoms with E-state index in [9.17, 15) is 4.79 Å². The van der Waals surface area contributed by atoms with Crippen molar-refractivity contribution in [3.05, 3.63) is 0 Å². The first-order chi connectivity index (χ1) is 3.29. The molecule has 0 aromatic carbocycles. The van der Waals surface area contributed by atoms with E-state index in [1.807, 2.05) is 0 Å². The summed E-state index contributed by atoms with van der Waals surface area (Å²) < 4.78 is 0. The van der Waals surface area contributed by atoms with Crippen molar-refractivity contribution < 1.29 is 4.79 Å². The molecule has 1 amide bonds. The molecule has 8 heavy (non-hydrogen) atoms. The van der Waals surface area contributed by atoms with E-state index in [2.05, 4.69) is 22.9 Å². The molecule has 0 bridgehead atoms. The zero-order valence-electron chi connectivity index (χ0n) is 3.93. The van der Waals surface area contributed by atoms with Crippen LogP contribution in [0.3, 0.4) is 0 Å². The molecule has 0 spiro atoms. The third-order valence-electron chi connectivity index (χ3n) is 0.662. The van der Waals surface area contributed by atoms with Gasteiger partial charge in [-0.1, -0.05) is 0 Å². The lowest BCUT2D eigenvalue weighted by Gasteiger charge is -1.83. The Labute approximate surface area is 62.6 Å². The fourth-order valence-electron chi connectivity index (χ4n) is 0.376. The highest BCUT2D eigenvalue weighted by Gasteiger charge is 2.10. The van der Waals surface area contributed by atoms with Crippen LogP contribution in [0.5, 0.6) is 0 Å². The van der Waals surface area contributed by atoms with Crippen LogP contribution in [-0.2, 0) is 4.79 Å². The zero-order chi connectivity index (χ0) is 5.28. The van der Waals surface area contributed by atoms with Gasteiger partial charge in [0.2, 0.25) is 5.91 Å². The molecule has 2 N–H and O–H groups in total. The van der Waals surface area contributed by atoms with Gasteiger partial charge in [-0.25, -0.2) is 0 Å². The quantitative estimate of drug-likeness (QED) is 0.517. The van der Waals surface area contributed by atoms with E-state index in [1.54, 1.807) is 0 Å².